The van der Waals surface area contributed by atoms with Crippen LogP contribution in [-0.4, -0.2) is 24.1 Å². The molecule has 90 valence electrons. The van der Waals surface area contributed by atoms with Crippen LogP contribution in [0.2, 0.25) is 0 Å². The van der Waals surface area contributed by atoms with Crippen LogP contribution in [0.25, 0.3) is 0 Å². The van der Waals surface area contributed by atoms with E-state index in [0.29, 0.717) is 19.0 Å². The quantitative estimate of drug-likeness (QED) is 0.562. The van der Waals surface area contributed by atoms with E-state index in [4.69, 9.17) is 9.15 Å². The van der Waals surface area contributed by atoms with Crippen molar-refractivity contribution in [1.82, 2.24) is 10.3 Å². The first-order valence-electron chi connectivity index (χ1n) is 5.50. The lowest BCUT2D eigenvalue weighted by molar-refractivity contribution is -0.142. The maximum absolute atomic E-state index is 11.2. The molecule has 1 aromatic rings. The zero-order chi connectivity index (χ0) is 11.8. The van der Waals surface area contributed by atoms with Crippen LogP contribution in [0.5, 0.6) is 0 Å². The van der Waals surface area contributed by atoms with E-state index in [9.17, 15) is 4.79 Å². The summed E-state index contributed by atoms with van der Waals surface area (Å²) in [5, 5.41) is 2.91. The van der Waals surface area contributed by atoms with E-state index in [1.54, 1.807) is 6.20 Å². The number of carbonyl (C=O) groups excluding carboxylic acids is 1. The summed E-state index contributed by atoms with van der Waals surface area (Å²) in [5.41, 5.74) is 0. The first-order chi connectivity index (χ1) is 7.72. The van der Waals surface area contributed by atoms with Gasteiger partial charge in [-0.25, -0.2) is 4.98 Å². The first-order valence-corrected chi connectivity index (χ1v) is 5.50. The highest BCUT2D eigenvalue weighted by Crippen LogP contribution is 2.00. The van der Waals surface area contributed by atoms with Crippen LogP contribution in [0.4, 0.5) is 0 Å². The minimum atomic E-state index is -0.239. The smallest absolute Gasteiger partial charge is 0.319 e. The maximum Gasteiger partial charge on any atom is 0.319 e. The lowest BCUT2D eigenvalue weighted by Gasteiger charge is -2.03. The summed E-state index contributed by atoms with van der Waals surface area (Å²) >= 11 is 0. The van der Waals surface area contributed by atoms with E-state index in [2.05, 4.69) is 17.2 Å². The Labute approximate surface area is 95.2 Å². The Kier molecular flexibility index (Phi) is 5.56. The van der Waals surface area contributed by atoms with Gasteiger partial charge in [-0.1, -0.05) is 13.3 Å². The molecule has 16 heavy (non-hydrogen) atoms. The third-order valence-corrected chi connectivity index (χ3v) is 1.98. The van der Waals surface area contributed by atoms with Crippen molar-refractivity contribution in [3.05, 3.63) is 17.8 Å². The third-order valence-electron chi connectivity index (χ3n) is 1.98. The average molecular weight is 226 g/mol. The molecular formula is C11H18N2O3. The van der Waals surface area contributed by atoms with Gasteiger partial charge in [-0.15, -0.1) is 0 Å². The van der Waals surface area contributed by atoms with Crippen molar-refractivity contribution in [2.75, 3.05) is 13.2 Å². The van der Waals surface area contributed by atoms with Gasteiger partial charge in [0, 0.05) is 0 Å². The summed E-state index contributed by atoms with van der Waals surface area (Å²) < 4.78 is 10.2. The number of rotatable bonds is 7. The normalized spacial score (nSPS) is 10.4. The lowest BCUT2D eigenvalue weighted by atomic mass is 10.4. The van der Waals surface area contributed by atoms with Crippen LogP contribution in [0.15, 0.2) is 10.6 Å². The van der Waals surface area contributed by atoms with Crippen molar-refractivity contribution in [3.63, 3.8) is 0 Å². The van der Waals surface area contributed by atoms with Crippen molar-refractivity contribution >= 4 is 5.97 Å². The summed E-state index contributed by atoms with van der Waals surface area (Å²) in [4.78, 5) is 15.2. The van der Waals surface area contributed by atoms with Crippen molar-refractivity contribution in [2.24, 2.45) is 0 Å². The van der Waals surface area contributed by atoms with Gasteiger partial charge in [0.05, 0.1) is 25.9 Å². The standard InChI is InChI=1S/C11H18N2O3/c1-3-4-5-15-11(14)8-12-7-10-13-6-9(2)16-10/h6,12H,3-5,7-8H2,1-2H3. The Hall–Kier alpha value is -1.36. The number of unbranched alkanes of at least 4 members (excludes halogenated alkanes) is 1. The fourth-order valence-electron chi connectivity index (χ4n) is 1.14. The molecule has 1 N–H and O–H groups in total. The van der Waals surface area contributed by atoms with Gasteiger partial charge in [0.15, 0.2) is 0 Å². The number of aromatic nitrogens is 1. The summed E-state index contributed by atoms with van der Waals surface area (Å²) in [6, 6.07) is 0. The highest BCUT2D eigenvalue weighted by Gasteiger charge is 2.04. The molecule has 0 unspecified atom stereocenters. The second kappa shape index (κ2) is 7.00. The van der Waals surface area contributed by atoms with E-state index in [0.717, 1.165) is 18.6 Å². The molecule has 0 aliphatic rings. The third kappa shape index (κ3) is 4.93. The van der Waals surface area contributed by atoms with Gasteiger partial charge < -0.3 is 9.15 Å². The Morgan fingerprint density at radius 2 is 2.44 bits per heavy atom. The molecule has 1 aromatic heterocycles. The van der Waals surface area contributed by atoms with E-state index >= 15 is 0 Å². The maximum atomic E-state index is 11.2. The summed E-state index contributed by atoms with van der Waals surface area (Å²) in [7, 11) is 0. The van der Waals surface area contributed by atoms with Crippen LogP contribution >= 0.6 is 0 Å². The zero-order valence-corrected chi connectivity index (χ0v) is 9.78. The van der Waals surface area contributed by atoms with Gasteiger partial charge in [-0.05, 0) is 13.3 Å². The van der Waals surface area contributed by atoms with Gasteiger partial charge in [-0.3, -0.25) is 10.1 Å². The highest BCUT2D eigenvalue weighted by molar-refractivity contribution is 5.71. The molecule has 1 heterocycles. The molecule has 5 heteroatoms. The van der Waals surface area contributed by atoms with E-state index in [1.165, 1.54) is 0 Å². The second-order valence-electron chi connectivity index (χ2n) is 3.54. The number of oxazole rings is 1. The molecule has 0 saturated carbocycles. The predicted molar refractivity (Wildman–Crippen MR) is 58.8 cm³/mol. The number of nitrogens with zero attached hydrogens (tertiary/aromatic N) is 1. The number of carbonyl (C=O) groups is 1. The van der Waals surface area contributed by atoms with E-state index in [-0.39, 0.29) is 12.5 Å². The molecular weight excluding hydrogens is 208 g/mol. The van der Waals surface area contributed by atoms with Crippen molar-refractivity contribution in [2.45, 2.75) is 33.2 Å². The van der Waals surface area contributed by atoms with Gasteiger partial charge in [0.25, 0.3) is 0 Å². The lowest BCUT2D eigenvalue weighted by Crippen LogP contribution is -2.24. The molecule has 0 saturated heterocycles. The van der Waals surface area contributed by atoms with Crippen LogP contribution in [0.3, 0.4) is 0 Å². The Bertz CT molecular complexity index is 323. The number of hydrogen-bond acceptors (Lipinski definition) is 5. The minimum Gasteiger partial charge on any atom is -0.465 e. The minimum absolute atomic E-state index is 0.186. The average Bonchev–Trinajstić information content (AvgIpc) is 2.65. The van der Waals surface area contributed by atoms with Crippen molar-refractivity contribution in [1.29, 1.82) is 0 Å². The molecule has 0 spiro atoms. The molecule has 0 radical (unpaired) electrons. The van der Waals surface area contributed by atoms with E-state index < -0.39 is 0 Å². The number of nitrogens with one attached hydrogen (secondary N) is 1. The van der Waals surface area contributed by atoms with Gasteiger partial charge in [0.1, 0.15) is 5.76 Å². The Balaban J connectivity index is 2.08. The summed E-state index contributed by atoms with van der Waals surface area (Å²) in [5.74, 6) is 1.11. The van der Waals surface area contributed by atoms with E-state index in [1.807, 2.05) is 6.92 Å². The second-order valence-corrected chi connectivity index (χ2v) is 3.54. The molecule has 0 aliphatic carbocycles. The van der Waals surface area contributed by atoms with Crippen LogP contribution in [0, 0.1) is 6.92 Å². The monoisotopic (exact) mass is 226 g/mol. The number of hydrogen-bond donors (Lipinski definition) is 1. The Morgan fingerprint density at radius 3 is 3.06 bits per heavy atom. The highest BCUT2D eigenvalue weighted by atomic mass is 16.5. The first kappa shape index (κ1) is 12.7. The van der Waals surface area contributed by atoms with Crippen LogP contribution < -0.4 is 5.32 Å². The summed E-state index contributed by atoms with van der Waals surface area (Å²) in [6.07, 6.45) is 3.58. The molecule has 1 rings (SSSR count). The van der Waals surface area contributed by atoms with Crippen LogP contribution in [0.1, 0.15) is 31.4 Å². The fraction of sp³-hybridized carbons (Fsp3) is 0.636. The van der Waals surface area contributed by atoms with Crippen molar-refractivity contribution < 1.29 is 13.9 Å². The number of ether oxygens (including phenoxy) is 1. The molecule has 0 bridgehead atoms. The molecule has 0 fully saturated rings. The van der Waals surface area contributed by atoms with Crippen molar-refractivity contribution in [3.8, 4) is 0 Å². The van der Waals surface area contributed by atoms with Crippen LogP contribution in [-0.2, 0) is 16.1 Å². The molecule has 5 nitrogen and oxygen atoms in total. The zero-order valence-electron chi connectivity index (χ0n) is 9.78. The summed E-state index contributed by atoms with van der Waals surface area (Å²) in [6.45, 7) is 5.00. The van der Waals surface area contributed by atoms with Gasteiger partial charge >= 0.3 is 5.97 Å². The number of esters is 1. The molecule has 0 amide bonds. The molecule has 0 atom stereocenters. The molecule has 0 aliphatic heterocycles. The van der Waals surface area contributed by atoms with Gasteiger partial charge in [-0.2, -0.15) is 0 Å². The number of aryl methyl sites for hydroxylation is 1. The topological polar surface area (TPSA) is 64.4 Å². The molecule has 0 aromatic carbocycles. The largest absolute Gasteiger partial charge is 0.465 e. The van der Waals surface area contributed by atoms with Gasteiger partial charge in [0.2, 0.25) is 5.89 Å². The fourth-order valence-corrected chi connectivity index (χ4v) is 1.14. The SMILES string of the molecule is CCCCOC(=O)CNCc1ncc(C)o1. The Morgan fingerprint density at radius 1 is 1.62 bits per heavy atom. The predicted octanol–water partition coefficient (Wildman–Crippen LogP) is 1.42.